The summed E-state index contributed by atoms with van der Waals surface area (Å²) in [4.78, 5) is 4.23. The summed E-state index contributed by atoms with van der Waals surface area (Å²) in [7, 11) is -3.26. The minimum Gasteiger partial charge on any atom is -0.236 e. The first-order valence-electron chi connectivity index (χ1n) is 6.21. The van der Waals surface area contributed by atoms with Crippen LogP contribution in [-0.4, -0.2) is 19.7 Å². The van der Waals surface area contributed by atoms with Crippen LogP contribution in [0.25, 0.3) is 11.3 Å². The summed E-state index contributed by atoms with van der Waals surface area (Å²) in [6, 6.07) is 12.9. The summed E-state index contributed by atoms with van der Waals surface area (Å²) in [5.41, 5.74) is 2.60. The minimum absolute atomic E-state index is 0.113. The van der Waals surface area contributed by atoms with Gasteiger partial charge in [-0.15, -0.1) is 0 Å². The molecule has 0 aliphatic heterocycles. The fourth-order valence-corrected chi connectivity index (χ4v) is 2.18. The molecule has 1 aromatic heterocycles. The molecule has 0 spiro atoms. The van der Waals surface area contributed by atoms with Crippen molar-refractivity contribution >= 4 is 9.84 Å². The van der Waals surface area contributed by atoms with E-state index >= 15 is 0 Å². The Kier molecular flexibility index (Phi) is 5.24. The van der Waals surface area contributed by atoms with Crippen LogP contribution in [0.15, 0.2) is 47.5 Å². The Bertz CT molecular complexity index is 634. The molecule has 0 unspecified atom stereocenters. The van der Waals surface area contributed by atoms with E-state index in [-0.39, 0.29) is 5.03 Å². The molecular formula is C15H19NO2S. The fourth-order valence-electron chi connectivity index (χ4n) is 1.61. The van der Waals surface area contributed by atoms with E-state index in [0.717, 1.165) is 11.1 Å². The maximum absolute atomic E-state index is 11.5. The lowest BCUT2D eigenvalue weighted by Gasteiger charge is -2.06. The highest BCUT2D eigenvalue weighted by Crippen LogP contribution is 2.22. The lowest BCUT2D eigenvalue weighted by Crippen LogP contribution is -2.02. The predicted octanol–water partition coefficient (Wildman–Crippen LogP) is 3.49. The number of hydrogen-bond donors (Lipinski definition) is 0. The van der Waals surface area contributed by atoms with Crippen LogP contribution in [0.1, 0.15) is 19.4 Å². The lowest BCUT2D eigenvalue weighted by molar-refractivity contribution is 0.598. The van der Waals surface area contributed by atoms with Gasteiger partial charge in [0.15, 0.2) is 14.9 Å². The van der Waals surface area contributed by atoms with E-state index in [1.165, 1.54) is 12.3 Å². The molecule has 2 rings (SSSR count). The summed E-state index contributed by atoms with van der Waals surface area (Å²) in [5.74, 6) is 0. The SMILES string of the molecule is CC.Cc1ccc(S(C)(=O)=O)nc1-c1ccccc1. The Hall–Kier alpha value is -1.68. The van der Waals surface area contributed by atoms with E-state index < -0.39 is 9.84 Å². The van der Waals surface area contributed by atoms with Gasteiger partial charge in [0.05, 0.1) is 5.69 Å². The molecule has 0 N–H and O–H groups in total. The molecule has 1 aromatic carbocycles. The van der Waals surface area contributed by atoms with Gasteiger partial charge in [0.1, 0.15) is 0 Å². The van der Waals surface area contributed by atoms with Gasteiger partial charge in [-0.05, 0) is 18.6 Å². The second kappa shape index (κ2) is 6.48. The predicted molar refractivity (Wildman–Crippen MR) is 78.9 cm³/mol. The molecule has 19 heavy (non-hydrogen) atoms. The molecule has 102 valence electrons. The molecule has 2 aromatic rings. The van der Waals surface area contributed by atoms with Gasteiger partial charge in [-0.1, -0.05) is 50.2 Å². The second-order valence-electron chi connectivity index (χ2n) is 3.95. The van der Waals surface area contributed by atoms with E-state index in [1.54, 1.807) is 6.07 Å². The number of hydrogen-bond acceptors (Lipinski definition) is 3. The first-order valence-corrected chi connectivity index (χ1v) is 8.11. The van der Waals surface area contributed by atoms with Crippen molar-refractivity contribution in [2.45, 2.75) is 25.8 Å². The molecule has 0 atom stereocenters. The Morgan fingerprint density at radius 3 is 2.05 bits per heavy atom. The fraction of sp³-hybridized carbons (Fsp3) is 0.267. The third-order valence-corrected chi connectivity index (χ3v) is 3.49. The molecule has 0 saturated carbocycles. The first kappa shape index (κ1) is 15.4. The van der Waals surface area contributed by atoms with Gasteiger partial charge in [-0.3, -0.25) is 0 Å². The van der Waals surface area contributed by atoms with Crippen molar-refractivity contribution in [2.75, 3.05) is 6.26 Å². The Morgan fingerprint density at radius 1 is 0.947 bits per heavy atom. The number of benzene rings is 1. The van der Waals surface area contributed by atoms with Gasteiger partial charge in [-0.2, -0.15) is 0 Å². The molecular weight excluding hydrogens is 258 g/mol. The van der Waals surface area contributed by atoms with Crippen LogP contribution >= 0.6 is 0 Å². The van der Waals surface area contributed by atoms with Crippen LogP contribution in [-0.2, 0) is 9.84 Å². The summed E-state index contributed by atoms with van der Waals surface area (Å²) < 4.78 is 22.9. The van der Waals surface area contributed by atoms with Crippen LogP contribution < -0.4 is 0 Å². The zero-order valence-electron chi connectivity index (χ0n) is 11.7. The maximum Gasteiger partial charge on any atom is 0.192 e. The smallest absolute Gasteiger partial charge is 0.192 e. The quantitative estimate of drug-likeness (QED) is 0.844. The molecule has 4 heteroatoms. The van der Waals surface area contributed by atoms with Crippen molar-refractivity contribution in [1.29, 1.82) is 0 Å². The normalized spacial score (nSPS) is 10.5. The van der Waals surface area contributed by atoms with Crippen LogP contribution in [0, 0.1) is 6.92 Å². The largest absolute Gasteiger partial charge is 0.236 e. The van der Waals surface area contributed by atoms with E-state index in [2.05, 4.69) is 4.98 Å². The first-order chi connectivity index (χ1) is 8.98. The van der Waals surface area contributed by atoms with E-state index in [4.69, 9.17) is 0 Å². The molecule has 0 amide bonds. The van der Waals surface area contributed by atoms with Crippen LogP contribution in [0.2, 0.25) is 0 Å². The molecule has 0 bridgehead atoms. The number of rotatable bonds is 2. The molecule has 0 fully saturated rings. The second-order valence-corrected chi connectivity index (χ2v) is 5.92. The van der Waals surface area contributed by atoms with E-state index in [1.807, 2.05) is 51.1 Å². The standard InChI is InChI=1S/C13H13NO2S.C2H6/c1-10-8-9-12(17(2,15)16)14-13(10)11-6-4-3-5-7-11;1-2/h3-9H,1-2H3;1-2H3. The molecule has 3 nitrogen and oxygen atoms in total. The van der Waals surface area contributed by atoms with Crippen molar-refractivity contribution in [3.63, 3.8) is 0 Å². The molecule has 0 saturated heterocycles. The maximum atomic E-state index is 11.5. The molecule has 0 aliphatic rings. The summed E-state index contributed by atoms with van der Waals surface area (Å²) in [5, 5.41) is 0.113. The third kappa shape index (κ3) is 3.89. The molecule has 0 radical (unpaired) electrons. The van der Waals surface area contributed by atoms with Gasteiger partial charge in [0.25, 0.3) is 0 Å². The summed E-state index contributed by atoms with van der Waals surface area (Å²) in [6.45, 7) is 5.92. The summed E-state index contributed by atoms with van der Waals surface area (Å²) in [6.07, 6.45) is 1.17. The average molecular weight is 277 g/mol. The minimum atomic E-state index is -3.26. The zero-order chi connectivity index (χ0) is 14.5. The zero-order valence-corrected chi connectivity index (χ0v) is 12.5. The van der Waals surface area contributed by atoms with Gasteiger partial charge in [0.2, 0.25) is 0 Å². The van der Waals surface area contributed by atoms with E-state index in [9.17, 15) is 8.42 Å². The van der Waals surface area contributed by atoms with Gasteiger partial charge in [0, 0.05) is 11.8 Å². The number of sulfone groups is 1. The number of nitrogens with zero attached hydrogens (tertiary/aromatic N) is 1. The van der Waals surface area contributed by atoms with Crippen molar-refractivity contribution in [2.24, 2.45) is 0 Å². The van der Waals surface area contributed by atoms with E-state index in [0.29, 0.717) is 5.69 Å². The van der Waals surface area contributed by atoms with Gasteiger partial charge >= 0.3 is 0 Å². The summed E-state index contributed by atoms with van der Waals surface area (Å²) >= 11 is 0. The molecule has 1 heterocycles. The number of aromatic nitrogens is 1. The monoisotopic (exact) mass is 277 g/mol. The topological polar surface area (TPSA) is 47.0 Å². The molecule has 0 aliphatic carbocycles. The van der Waals surface area contributed by atoms with Crippen LogP contribution in [0.5, 0.6) is 0 Å². The van der Waals surface area contributed by atoms with Crippen molar-refractivity contribution in [3.8, 4) is 11.3 Å². The lowest BCUT2D eigenvalue weighted by atomic mass is 10.1. The highest BCUT2D eigenvalue weighted by Gasteiger charge is 2.12. The third-order valence-electron chi connectivity index (χ3n) is 2.50. The van der Waals surface area contributed by atoms with Crippen molar-refractivity contribution in [1.82, 2.24) is 4.98 Å². The Morgan fingerprint density at radius 2 is 1.53 bits per heavy atom. The Labute approximate surface area is 115 Å². The Balaban J connectivity index is 0.000000861. The van der Waals surface area contributed by atoms with Gasteiger partial charge < -0.3 is 0 Å². The van der Waals surface area contributed by atoms with Crippen molar-refractivity contribution in [3.05, 3.63) is 48.0 Å². The van der Waals surface area contributed by atoms with Crippen LogP contribution in [0.4, 0.5) is 0 Å². The van der Waals surface area contributed by atoms with Crippen LogP contribution in [0.3, 0.4) is 0 Å². The van der Waals surface area contributed by atoms with Gasteiger partial charge in [-0.25, -0.2) is 13.4 Å². The number of aryl methyl sites for hydroxylation is 1. The highest BCUT2D eigenvalue weighted by molar-refractivity contribution is 7.90. The highest BCUT2D eigenvalue weighted by atomic mass is 32.2. The van der Waals surface area contributed by atoms with Crippen molar-refractivity contribution < 1.29 is 8.42 Å². The number of pyridine rings is 1. The average Bonchev–Trinajstić information content (AvgIpc) is 2.41.